The van der Waals surface area contributed by atoms with E-state index in [-0.39, 0.29) is 0 Å². The van der Waals surface area contributed by atoms with Gasteiger partial charge in [0.2, 0.25) is 0 Å². The summed E-state index contributed by atoms with van der Waals surface area (Å²) in [6, 6.07) is 9.97. The van der Waals surface area contributed by atoms with Gasteiger partial charge in [-0.1, -0.05) is 6.07 Å². The van der Waals surface area contributed by atoms with E-state index in [1.165, 1.54) is 6.21 Å². The number of hydrogen-bond acceptors (Lipinski definition) is 6. The number of anilines is 1. The summed E-state index contributed by atoms with van der Waals surface area (Å²) in [7, 11) is 1.81. The molecule has 3 heterocycles. The third-order valence-corrected chi connectivity index (χ3v) is 5.71. The van der Waals surface area contributed by atoms with Crippen LogP contribution >= 0.6 is 11.3 Å². The largest absolute Gasteiger partial charge is 0.393 e. The monoisotopic (exact) mass is 381 g/mol. The van der Waals surface area contributed by atoms with E-state index in [0.29, 0.717) is 19.5 Å². The highest BCUT2D eigenvalue weighted by atomic mass is 32.1. The topological polar surface area (TPSA) is 64.9 Å². The summed E-state index contributed by atoms with van der Waals surface area (Å²) < 4.78 is 14.5. The van der Waals surface area contributed by atoms with E-state index in [2.05, 4.69) is 10.3 Å². The second-order valence-corrected chi connectivity index (χ2v) is 7.50. The predicted octanol–water partition coefficient (Wildman–Crippen LogP) is 4.12. The number of hydrogen-bond donors (Lipinski definition) is 2. The number of thiazole rings is 1. The van der Waals surface area contributed by atoms with Crippen molar-refractivity contribution in [3.63, 3.8) is 0 Å². The van der Waals surface area contributed by atoms with Crippen LogP contribution in [0.15, 0.2) is 42.7 Å². The van der Waals surface area contributed by atoms with Gasteiger partial charge >= 0.3 is 0 Å². The summed E-state index contributed by atoms with van der Waals surface area (Å²) >= 11 is 1.61. The summed E-state index contributed by atoms with van der Waals surface area (Å²) in [5, 5.41) is 11.4. The highest BCUT2D eigenvalue weighted by molar-refractivity contribution is 7.21. The zero-order chi connectivity index (χ0) is 18.8. The van der Waals surface area contributed by atoms with E-state index < -0.39 is 6.17 Å². The molecule has 138 valence electrons. The molecule has 1 atom stereocenters. The zero-order valence-corrected chi connectivity index (χ0v) is 15.8. The molecule has 0 spiro atoms. The average Bonchev–Trinajstić information content (AvgIpc) is 3.32. The SMILES string of the molecule is CN/C=C(\C=N)c1ccc2sc(-c3ccc(N4CC[C@H](F)C4)nc3)nc2c1. The standard InChI is InChI=1S/C20H20FN5S/c1-23-10-15(9-22)13-2-4-18-17(8-13)25-20(27-18)14-3-5-19(24-11-14)26-7-6-16(21)12-26/h2-5,8-11,16,22-23H,6-7,12H2,1H3/b15-10+,22-9?/t16-/m0/s1. The smallest absolute Gasteiger partial charge is 0.128 e. The zero-order valence-electron chi connectivity index (χ0n) is 14.9. The van der Waals surface area contributed by atoms with Crippen LogP contribution in [0.1, 0.15) is 12.0 Å². The first-order valence-electron chi connectivity index (χ1n) is 8.82. The number of halogens is 1. The lowest BCUT2D eigenvalue weighted by molar-refractivity contribution is 0.364. The molecule has 0 unspecified atom stereocenters. The molecule has 0 bridgehead atoms. The molecule has 27 heavy (non-hydrogen) atoms. The van der Waals surface area contributed by atoms with E-state index in [4.69, 9.17) is 10.4 Å². The van der Waals surface area contributed by atoms with Gasteiger partial charge in [0.05, 0.1) is 16.8 Å². The van der Waals surface area contributed by atoms with Crippen LogP contribution in [0.3, 0.4) is 0 Å². The Labute approximate surface area is 161 Å². The van der Waals surface area contributed by atoms with Gasteiger partial charge in [0.25, 0.3) is 0 Å². The normalized spacial score (nSPS) is 17.5. The maximum Gasteiger partial charge on any atom is 0.128 e. The molecule has 0 amide bonds. The van der Waals surface area contributed by atoms with Crippen LogP contribution in [0.25, 0.3) is 26.4 Å². The molecule has 1 aliphatic heterocycles. The van der Waals surface area contributed by atoms with Gasteiger partial charge in [-0.15, -0.1) is 11.3 Å². The molecule has 5 nitrogen and oxygen atoms in total. The maximum absolute atomic E-state index is 13.4. The Kier molecular flexibility index (Phi) is 4.85. The van der Waals surface area contributed by atoms with Crippen molar-refractivity contribution < 1.29 is 4.39 Å². The minimum atomic E-state index is -0.757. The molecule has 1 aromatic carbocycles. The van der Waals surface area contributed by atoms with Gasteiger partial charge < -0.3 is 15.6 Å². The highest BCUT2D eigenvalue weighted by Gasteiger charge is 2.22. The first-order chi connectivity index (χ1) is 13.2. The van der Waals surface area contributed by atoms with Crippen LogP contribution in [0.4, 0.5) is 10.2 Å². The van der Waals surface area contributed by atoms with Gasteiger partial charge in [-0.3, -0.25) is 0 Å². The number of rotatable bonds is 5. The quantitative estimate of drug-likeness (QED) is 0.653. The number of nitrogens with one attached hydrogen (secondary N) is 2. The van der Waals surface area contributed by atoms with Gasteiger partial charge in [0, 0.05) is 43.3 Å². The molecule has 0 saturated carbocycles. The van der Waals surface area contributed by atoms with Crippen molar-refractivity contribution in [2.75, 3.05) is 25.0 Å². The molecular weight excluding hydrogens is 361 g/mol. The number of nitrogens with zero attached hydrogens (tertiary/aromatic N) is 3. The predicted molar refractivity (Wildman–Crippen MR) is 110 cm³/mol. The lowest BCUT2D eigenvalue weighted by Gasteiger charge is -2.15. The molecular formula is C20H20FN5S. The molecule has 7 heteroatoms. The van der Waals surface area contributed by atoms with Crippen molar-refractivity contribution in [2.45, 2.75) is 12.6 Å². The van der Waals surface area contributed by atoms with Crippen molar-refractivity contribution in [1.82, 2.24) is 15.3 Å². The fourth-order valence-electron chi connectivity index (χ4n) is 3.22. The minimum absolute atomic E-state index is 0.422. The maximum atomic E-state index is 13.4. The number of pyridine rings is 1. The van der Waals surface area contributed by atoms with E-state index >= 15 is 0 Å². The summed E-state index contributed by atoms with van der Waals surface area (Å²) in [6.07, 6.45) is 4.75. The van der Waals surface area contributed by atoms with Gasteiger partial charge in [-0.05, 0) is 36.2 Å². The first kappa shape index (κ1) is 17.6. The average molecular weight is 381 g/mol. The van der Waals surface area contributed by atoms with Crippen LogP contribution in [0.2, 0.25) is 0 Å². The molecule has 1 saturated heterocycles. The fraction of sp³-hybridized carbons (Fsp3) is 0.250. The Hall–Kier alpha value is -2.80. The number of aromatic nitrogens is 2. The van der Waals surface area contributed by atoms with Crippen molar-refractivity contribution in [2.24, 2.45) is 0 Å². The summed E-state index contributed by atoms with van der Waals surface area (Å²) in [5.74, 6) is 0.815. The molecule has 1 aliphatic rings. The van der Waals surface area contributed by atoms with Crippen molar-refractivity contribution in [1.29, 1.82) is 5.41 Å². The Balaban J connectivity index is 1.62. The van der Waals surface area contributed by atoms with Crippen molar-refractivity contribution in [3.05, 3.63) is 48.3 Å². The third-order valence-electron chi connectivity index (χ3n) is 4.63. The molecule has 2 N–H and O–H groups in total. The Bertz CT molecular complexity index is 995. The van der Waals surface area contributed by atoms with Crippen molar-refractivity contribution >= 4 is 39.2 Å². The molecule has 3 aromatic rings. The van der Waals surface area contributed by atoms with Crippen LogP contribution in [-0.4, -0.2) is 42.5 Å². The van der Waals surface area contributed by atoms with Crippen LogP contribution in [0.5, 0.6) is 0 Å². The first-order valence-corrected chi connectivity index (χ1v) is 9.64. The third kappa shape index (κ3) is 3.55. The highest BCUT2D eigenvalue weighted by Crippen LogP contribution is 2.32. The van der Waals surface area contributed by atoms with E-state index in [0.717, 1.165) is 37.7 Å². The number of alkyl halides is 1. The minimum Gasteiger partial charge on any atom is -0.393 e. The van der Waals surface area contributed by atoms with Crippen molar-refractivity contribution in [3.8, 4) is 10.6 Å². The molecule has 1 fully saturated rings. The lowest BCUT2D eigenvalue weighted by Crippen LogP contribution is -2.20. The molecule has 2 aromatic heterocycles. The number of benzene rings is 1. The fourth-order valence-corrected chi connectivity index (χ4v) is 4.16. The summed E-state index contributed by atoms with van der Waals surface area (Å²) in [6.45, 7) is 1.14. The van der Waals surface area contributed by atoms with E-state index in [9.17, 15) is 4.39 Å². The Morgan fingerprint density at radius 1 is 1.37 bits per heavy atom. The van der Waals surface area contributed by atoms with Crippen LogP contribution in [0, 0.1) is 5.41 Å². The van der Waals surface area contributed by atoms with Gasteiger partial charge in [0.1, 0.15) is 17.0 Å². The Morgan fingerprint density at radius 3 is 2.93 bits per heavy atom. The number of fused-ring (bicyclic) bond motifs is 1. The summed E-state index contributed by atoms with van der Waals surface area (Å²) in [4.78, 5) is 11.2. The van der Waals surface area contributed by atoms with Crippen LogP contribution < -0.4 is 10.2 Å². The molecule has 4 rings (SSSR count). The van der Waals surface area contributed by atoms with E-state index in [1.54, 1.807) is 17.5 Å². The van der Waals surface area contributed by atoms with Gasteiger partial charge in [-0.2, -0.15) is 0 Å². The van der Waals surface area contributed by atoms with E-state index in [1.807, 2.05) is 48.5 Å². The second kappa shape index (κ2) is 7.44. The Morgan fingerprint density at radius 2 is 2.26 bits per heavy atom. The molecule has 0 aliphatic carbocycles. The van der Waals surface area contributed by atoms with Crippen LogP contribution in [-0.2, 0) is 0 Å². The molecule has 0 radical (unpaired) electrons. The van der Waals surface area contributed by atoms with Gasteiger partial charge in [0.15, 0.2) is 0 Å². The summed E-state index contributed by atoms with van der Waals surface area (Å²) in [5.41, 5.74) is 3.61. The second-order valence-electron chi connectivity index (χ2n) is 6.47. The van der Waals surface area contributed by atoms with Gasteiger partial charge in [-0.25, -0.2) is 14.4 Å². The number of allylic oxidation sites excluding steroid dienone is 1. The lowest BCUT2D eigenvalue weighted by atomic mass is 10.1.